The van der Waals surface area contributed by atoms with Gasteiger partial charge in [0.2, 0.25) is 5.91 Å². The van der Waals surface area contributed by atoms with E-state index in [9.17, 15) is 14.4 Å². The van der Waals surface area contributed by atoms with Crippen LogP contribution in [0.3, 0.4) is 0 Å². The van der Waals surface area contributed by atoms with Crippen molar-refractivity contribution in [1.82, 2.24) is 4.90 Å². The number of hydrogen-bond acceptors (Lipinski definition) is 7. The summed E-state index contributed by atoms with van der Waals surface area (Å²) in [6.45, 7) is 9.59. The summed E-state index contributed by atoms with van der Waals surface area (Å²) in [5.74, 6) is -1.22. The van der Waals surface area contributed by atoms with Crippen LogP contribution in [0, 0.1) is 11.8 Å². The van der Waals surface area contributed by atoms with Gasteiger partial charge < -0.3 is 19.3 Å². The van der Waals surface area contributed by atoms with Crippen molar-refractivity contribution in [3.8, 4) is 0 Å². The predicted octanol–water partition coefficient (Wildman–Crippen LogP) is 2.21. The van der Waals surface area contributed by atoms with Crippen molar-refractivity contribution in [1.29, 1.82) is 0 Å². The molecule has 1 fully saturated rings. The molecular weight excluding hydrogens is 378 g/mol. The lowest BCUT2D eigenvalue weighted by Crippen LogP contribution is -2.52. The van der Waals surface area contributed by atoms with Gasteiger partial charge in [-0.15, -0.1) is 0 Å². The fourth-order valence-electron chi connectivity index (χ4n) is 3.85. The van der Waals surface area contributed by atoms with Crippen LogP contribution in [0.1, 0.15) is 41.0 Å². The predicted molar refractivity (Wildman–Crippen MR) is 105 cm³/mol. The molecule has 29 heavy (non-hydrogen) atoms. The molecule has 2 aliphatic rings. The Morgan fingerprint density at radius 3 is 2.59 bits per heavy atom. The molecule has 2 aliphatic heterocycles. The molecule has 8 nitrogen and oxygen atoms in total. The van der Waals surface area contributed by atoms with E-state index in [4.69, 9.17) is 19.3 Å². The SMILES string of the molecule is CC(C)C1N(C(=O)C(C)C2OC(=CCCOCCO)C=CC2=O)C(=O)OC1(C)C. The summed E-state index contributed by atoms with van der Waals surface area (Å²) in [6, 6.07) is -0.433. The van der Waals surface area contributed by atoms with Gasteiger partial charge in [0.25, 0.3) is 0 Å². The van der Waals surface area contributed by atoms with Crippen molar-refractivity contribution in [2.45, 2.75) is 58.8 Å². The smallest absolute Gasteiger partial charge is 0.417 e. The van der Waals surface area contributed by atoms with Crippen LogP contribution in [0.5, 0.6) is 0 Å². The van der Waals surface area contributed by atoms with Crippen molar-refractivity contribution < 1.29 is 33.7 Å². The first-order valence-electron chi connectivity index (χ1n) is 9.93. The zero-order chi connectivity index (χ0) is 21.8. The number of rotatable bonds is 8. The standard InChI is InChI=1S/C21H31NO7/c1-13(2)18-21(4,5)29-20(26)22(18)19(25)14(3)17-16(24)9-8-15(28-17)7-6-11-27-12-10-23/h7-9,13-14,17-18,23H,6,10-12H2,1-5H3. The third kappa shape index (κ3) is 5.25. The number of hydrogen-bond donors (Lipinski definition) is 1. The number of cyclic esters (lactones) is 1. The van der Waals surface area contributed by atoms with Crippen molar-refractivity contribution in [3.63, 3.8) is 0 Å². The van der Waals surface area contributed by atoms with Gasteiger partial charge in [0.1, 0.15) is 11.4 Å². The molecule has 2 rings (SSSR count). The molecule has 0 spiro atoms. The number of carbonyl (C=O) groups excluding carboxylic acids is 3. The minimum Gasteiger partial charge on any atom is -0.482 e. The summed E-state index contributed by atoms with van der Waals surface area (Å²) in [7, 11) is 0. The molecule has 0 bridgehead atoms. The van der Waals surface area contributed by atoms with Gasteiger partial charge in [-0.05, 0) is 51.3 Å². The highest BCUT2D eigenvalue weighted by Gasteiger charge is 2.53. The van der Waals surface area contributed by atoms with Crippen LogP contribution >= 0.6 is 0 Å². The van der Waals surface area contributed by atoms with Gasteiger partial charge >= 0.3 is 6.09 Å². The Labute approximate surface area is 171 Å². The lowest BCUT2D eigenvalue weighted by Gasteiger charge is -2.33. The Hall–Kier alpha value is -2.19. The molecule has 2 heterocycles. The number of carbonyl (C=O) groups is 3. The zero-order valence-electron chi connectivity index (χ0n) is 17.7. The van der Waals surface area contributed by atoms with Gasteiger partial charge in [-0.3, -0.25) is 9.59 Å². The van der Waals surface area contributed by atoms with Crippen LogP contribution in [-0.4, -0.2) is 65.4 Å². The van der Waals surface area contributed by atoms with Gasteiger partial charge in [-0.2, -0.15) is 0 Å². The Morgan fingerprint density at radius 2 is 1.97 bits per heavy atom. The van der Waals surface area contributed by atoms with Gasteiger partial charge in [-0.25, -0.2) is 9.69 Å². The summed E-state index contributed by atoms with van der Waals surface area (Å²) in [5, 5.41) is 8.70. The lowest BCUT2D eigenvalue weighted by molar-refractivity contribution is -0.143. The van der Waals surface area contributed by atoms with Crippen LogP contribution in [0.2, 0.25) is 0 Å². The minimum atomic E-state index is -1.01. The molecule has 0 aromatic carbocycles. The van der Waals surface area contributed by atoms with Crippen molar-refractivity contribution >= 4 is 17.8 Å². The van der Waals surface area contributed by atoms with E-state index >= 15 is 0 Å². The van der Waals surface area contributed by atoms with Gasteiger partial charge in [0.05, 0.1) is 31.8 Å². The molecule has 1 N–H and O–H groups in total. The molecule has 0 radical (unpaired) electrons. The first-order valence-corrected chi connectivity index (χ1v) is 9.93. The first kappa shape index (κ1) is 23.1. The van der Waals surface area contributed by atoms with Crippen LogP contribution in [-0.2, 0) is 23.8 Å². The quantitative estimate of drug-likeness (QED) is 0.613. The number of ether oxygens (including phenoxy) is 3. The van der Waals surface area contributed by atoms with Crippen molar-refractivity contribution in [3.05, 3.63) is 24.0 Å². The Balaban J connectivity index is 2.11. The maximum Gasteiger partial charge on any atom is 0.417 e. The average molecular weight is 409 g/mol. The van der Waals surface area contributed by atoms with Gasteiger partial charge in [-0.1, -0.05) is 13.8 Å². The number of nitrogens with zero attached hydrogens (tertiary/aromatic N) is 1. The highest BCUT2D eigenvalue weighted by atomic mass is 16.6. The van der Waals surface area contributed by atoms with E-state index in [-0.39, 0.29) is 24.9 Å². The van der Waals surface area contributed by atoms with E-state index in [1.807, 2.05) is 13.8 Å². The number of amides is 2. The second-order valence-electron chi connectivity index (χ2n) is 8.16. The van der Waals surface area contributed by atoms with Crippen LogP contribution < -0.4 is 0 Å². The maximum absolute atomic E-state index is 13.1. The van der Waals surface area contributed by atoms with Gasteiger partial charge in [0.15, 0.2) is 11.9 Å². The third-order valence-electron chi connectivity index (χ3n) is 5.05. The Kier molecular flexibility index (Phi) is 7.60. The van der Waals surface area contributed by atoms with Gasteiger partial charge in [0, 0.05) is 0 Å². The van der Waals surface area contributed by atoms with Crippen LogP contribution in [0.15, 0.2) is 24.0 Å². The molecule has 3 unspecified atom stereocenters. The number of aliphatic hydroxyl groups excluding tert-OH is 1. The molecule has 8 heteroatoms. The number of ketones is 1. The molecular formula is C21H31NO7. The summed E-state index contributed by atoms with van der Waals surface area (Å²) in [4.78, 5) is 39.1. The normalized spacial score (nSPS) is 26.0. The van der Waals surface area contributed by atoms with Crippen molar-refractivity contribution in [2.75, 3.05) is 19.8 Å². The molecule has 2 amide bonds. The Bertz CT molecular complexity index is 695. The van der Waals surface area contributed by atoms with E-state index in [1.54, 1.807) is 32.9 Å². The molecule has 0 aromatic rings. The highest BCUT2D eigenvalue weighted by molar-refractivity contribution is 6.02. The zero-order valence-corrected chi connectivity index (χ0v) is 17.7. The molecule has 0 aromatic heterocycles. The monoisotopic (exact) mass is 409 g/mol. The molecule has 162 valence electrons. The summed E-state index contributed by atoms with van der Waals surface area (Å²) >= 11 is 0. The summed E-state index contributed by atoms with van der Waals surface area (Å²) < 4.78 is 16.3. The fraction of sp³-hybridized carbons (Fsp3) is 0.667. The number of allylic oxidation sites excluding steroid dienone is 1. The molecule has 0 aliphatic carbocycles. The van der Waals surface area contributed by atoms with E-state index in [1.165, 1.54) is 6.08 Å². The number of imide groups is 1. The molecule has 1 saturated heterocycles. The molecule has 0 saturated carbocycles. The third-order valence-corrected chi connectivity index (χ3v) is 5.05. The highest BCUT2D eigenvalue weighted by Crippen LogP contribution is 2.36. The second-order valence-corrected chi connectivity index (χ2v) is 8.16. The molecule has 3 atom stereocenters. The average Bonchev–Trinajstić information content (AvgIpc) is 2.90. The van der Waals surface area contributed by atoms with E-state index in [2.05, 4.69) is 0 Å². The topological polar surface area (TPSA) is 102 Å². The number of aliphatic hydroxyl groups is 1. The van der Waals surface area contributed by atoms with Crippen LogP contribution in [0.25, 0.3) is 0 Å². The van der Waals surface area contributed by atoms with Crippen molar-refractivity contribution in [2.24, 2.45) is 11.8 Å². The fourth-order valence-corrected chi connectivity index (χ4v) is 3.85. The summed E-state index contributed by atoms with van der Waals surface area (Å²) in [6.07, 6.45) is 3.51. The Morgan fingerprint density at radius 1 is 1.28 bits per heavy atom. The summed E-state index contributed by atoms with van der Waals surface area (Å²) in [5.41, 5.74) is -0.808. The minimum absolute atomic E-state index is 0.00940. The van der Waals surface area contributed by atoms with E-state index < -0.39 is 35.7 Å². The maximum atomic E-state index is 13.1. The second kappa shape index (κ2) is 9.54. The largest absolute Gasteiger partial charge is 0.482 e. The first-order chi connectivity index (χ1) is 13.6. The van der Waals surface area contributed by atoms with E-state index in [0.717, 1.165) is 4.90 Å². The van der Waals surface area contributed by atoms with E-state index in [0.29, 0.717) is 18.8 Å². The van der Waals surface area contributed by atoms with Crippen LogP contribution in [0.4, 0.5) is 4.79 Å². The lowest BCUT2D eigenvalue weighted by atomic mass is 9.87.